The Morgan fingerprint density at radius 3 is 0.432 bits per heavy atom. The van der Waals surface area contributed by atoms with Gasteiger partial charge < -0.3 is 0 Å². The summed E-state index contributed by atoms with van der Waals surface area (Å²) in [6, 6.07) is 64.7. The molecule has 8 heteroatoms. The largest absolute Gasteiger partial charge is 0.147 e. The van der Waals surface area contributed by atoms with Gasteiger partial charge in [0.05, 0.1) is 0 Å². The summed E-state index contributed by atoms with van der Waals surface area (Å²) in [5.41, 5.74) is 0. The van der Waals surface area contributed by atoms with Crippen LogP contribution in [-0.2, 0) is 42.1 Å². The molecule has 44 heavy (non-hydrogen) atoms. The minimum absolute atomic E-state index is 0. The van der Waals surface area contributed by atoms with E-state index in [2.05, 4.69) is 182 Å². The monoisotopic (exact) mass is 1060 g/mol. The van der Waals surface area contributed by atoms with Gasteiger partial charge in [0.1, 0.15) is 0 Å². The summed E-state index contributed by atoms with van der Waals surface area (Å²) in [6.07, 6.45) is 0. The van der Waals surface area contributed by atoms with Gasteiger partial charge in [-0.15, -0.1) is 49.6 Å². The summed E-state index contributed by atoms with van der Waals surface area (Å²) in [5.74, 6) is 0. The Hall–Kier alpha value is -1.28. The van der Waals surface area contributed by atoms with Crippen LogP contribution < -0.4 is 31.8 Å². The molecule has 0 heterocycles. The van der Waals surface area contributed by atoms with Crippen LogP contribution in [0.2, 0.25) is 0 Å². The summed E-state index contributed by atoms with van der Waals surface area (Å²) in [4.78, 5) is 0. The van der Waals surface area contributed by atoms with Gasteiger partial charge in [-0.25, -0.2) is 0 Å². The van der Waals surface area contributed by atoms with Crippen molar-refractivity contribution in [1.82, 2.24) is 0 Å². The molecular formula is C36H34Cl4P2Pt2. The maximum absolute atomic E-state index is 2.23. The summed E-state index contributed by atoms with van der Waals surface area (Å²) in [6.45, 7) is 0. The zero-order chi connectivity index (χ0) is 25.8. The van der Waals surface area contributed by atoms with Crippen molar-refractivity contribution in [1.29, 1.82) is 0 Å². The first-order chi connectivity index (χ1) is 18.9. The van der Waals surface area contributed by atoms with E-state index in [-0.39, 0.29) is 91.8 Å². The molecule has 0 aliphatic rings. The van der Waals surface area contributed by atoms with E-state index >= 15 is 0 Å². The van der Waals surface area contributed by atoms with E-state index < -0.39 is 15.8 Å². The molecule has 0 fully saturated rings. The van der Waals surface area contributed by atoms with Crippen LogP contribution in [0, 0.1) is 0 Å². The van der Waals surface area contributed by atoms with Crippen LogP contribution >= 0.6 is 65.5 Å². The summed E-state index contributed by atoms with van der Waals surface area (Å²) in [5, 5.41) is 8.39. The van der Waals surface area contributed by atoms with Crippen LogP contribution in [0.1, 0.15) is 0 Å². The Bertz CT molecular complexity index is 1200. The molecule has 0 N–H and O–H groups in total. The van der Waals surface area contributed by atoms with Gasteiger partial charge in [0.25, 0.3) is 0 Å². The fraction of sp³-hybridized carbons (Fsp3) is 0. The molecule has 0 bridgehead atoms. The SMILES string of the molecule is Cl.Cl.Cl.Cl.[Pt].[Pt].c1ccc(P(c2ccccc2)c2ccccc2)cc1.c1ccc(P(c2ccccc2)c2ccccc2)cc1. The van der Waals surface area contributed by atoms with Crippen molar-refractivity contribution in [2.75, 3.05) is 0 Å². The molecule has 0 aromatic heterocycles. The second kappa shape index (κ2) is 24.9. The van der Waals surface area contributed by atoms with Crippen molar-refractivity contribution in [2.45, 2.75) is 0 Å². The third kappa shape index (κ3) is 12.8. The molecule has 0 radical (unpaired) electrons. The van der Waals surface area contributed by atoms with Gasteiger partial charge in [-0.1, -0.05) is 182 Å². The molecule has 6 rings (SSSR count). The van der Waals surface area contributed by atoms with Crippen LogP contribution in [0.3, 0.4) is 0 Å². The molecule has 6 aromatic carbocycles. The minimum Gasteiger partial charge on any atom is -0.147 e. The average Bonchev–Trinajstić information content (AvgIpc) is 3.01. The second-order valence-electron chi connectivity index (χ2n) is 8.68. The van der Waals surface area contributed by atoms with Crippen molar-refractivity contribution in [3.8, 4) is 0 Å². The maximum Gasteiger partial charge on any atom is 0 e. The van der Waals surface area contributed by atoms with E-state index in [0.29, 0.717) is 0 Å². The second-order valence-corrected chi connectivity index (χ2v) is 13.1. The normalized spacial score (nSPS) is 9.14. The van der Waals surface area contributed by atoms with Crippen LogP contribution in [0.4, 0.5) is 0 Å². The molecule has 0 saturated carbocycles. The fourth-order valence-electron chi connectivity index (χ4n) is 4.36. The summed E-state index contributed by atoms with van der Waals surface area (Å²) in [7, 11) is -0.892. The van der Waals surface area contributed by atoms with Crippen LogP contribution in [0.5, 0.6) is 0 Å². The van der Waals surface area contributed by atoms with E-state index in [9.17, 15) is 0 Å². The van der Waals surface area contributed by atoms with E-state index in [1.165, 1.54) is 31.8 Å². The molecule has 0 aliphatic carbocycles. The topological polar surface area (TPSA) is 0 Å². The number of hydrogen-bond acceptors (Lipinski definition) is 0. The van der Waals surface area contributed by atoms with E-state index in [4.69, 9.17) is 0 Å². The molecule has 0 aliphatic heterocycles. The summed E-state index contributed by atoms with van der Waals surface area (Å²) >= 11 is 0. The average molecular weight is 1060 g/mol. The predicted octanol–water partition coefficient (Wildman–Crippen LogP) is 8.57. The number of benzene rings is 6. The smallest absolute Gasteiger partial charge is 0 e. The maximum atomic E-state index is 2.23. The first-order valence-corrected chi connectivity index (χ1v) is 15.5. The molecule has 0 saturated heterocycles. The number of hydrogen-bond donors (Lipinski definition) is 0. The van der Waals surface area contributed by atoms with Crippen molar-refractivity contribution in [3.63, 3.8) is 0 Å². The molecule has 0 unspecified atom stereocenters. The van der Waals surface area contributed by atoms with E-state index in [1.807, 2.05) is 0 Å². The Kier molecular flexibility index (Phi) is 25.4. The summed E-state index contributed by atoms with van der Waals surface area (Å²) < 4.78 is 0. The Morgan fingerprint density at radius 2 is 0.318 bits per heavy atom. The first kappa shape index (κ1) is 44.8. The van der Waals surface area contributed by atoms with Crippen LogP contribution in [0.15, 0.2) is 182 Å². The number of halogens is 4. The van der Waals surface area contributed by atoms with Crippen molar-refractivity contribution in [2.24, 2.45) is 0 Å². The number of rotatable bonds is 6. The Balaban J connectivity index is 0. The third-order valence-electron chi connectivity index (χ3n) is 6.09. The van der Waals surface area contributed by atoms with Crippen LogP contribution in [-0.4, -0.2) is 0 Å². The molecule has 0 atom stereocenters. The van der Waals surface area contributed by atoms with Gasteiger partial charge >= 0.3 is 0 Å². The van der Waals surface area contributed by atoms with Crippen molar-refractivity contribution >= 4 is 97.3 Å². The molecule has 0 amide bonds. The third-order valence-corrected chi connectivity index (χ3v) is 11.0. The standard InChI is InChI=1S/2C18H15P.4ClH.2Pt/c2*1-4-10-16(11-5-1)19(17-12-6-2-7-13-17)18-14-8-3-9-15-18;;;;;;/h2*1-15H;4*1H;;. The molecule has 6 aromatic rings. The zero-order valence-electron chi connectivity index (χ0n) is 23.5. The van der Waals surface area contributed by atoms with Gasteiger partial charge in [0.15, 0.2) is 0 Å². The van der Waals surface area contributed by atoms with Gasteiger partial charge in [0, 0.05) is 42.1 Å². The van der Waals surface area contributed by atoms with Gasteiger partial charge in [-0.3, -0.25) is 0 Å². The molecule has 236 valence electrons. The van der Waals surface area contributed by atoms with E-state index in [0.717, 1.165) is 0 Å². The fourth-order valence-corrected chi connectivity index (χ4v) is 8.97. The van der Waals surface area contributed by atoms with Crippen LogP contribution in [0.25, 0.3) is 0 Å². The van der Waals surface area contributed by atoms with Gasteiger partial charge in [0.2, 0.25) is 0 Å². The first-order valence-electron chi connectivity index (χ1n) is 12.8. The Morgan fingerprint density at radius 1 is 0.205 bits per heavy atom. The van der Waals surface area contributed by atoms with Gasteiger partial charge in [-0.05, 0) is 47.7 Å². The van der Waals surface area contributed by atoms with E-state index in [1.54, 1.807) is 0 Å². The van der Waals surface area contributed by atoms with Gasteiger partial charge in [-0.2, -0.15) is 0 Å². The zero-order valence-corrected chi connectivity index (χ0v) is 33.1. The van der Waals surface area contributed by atoms with Crippen molar-refractivity contribution in [3.05, 3.63) is 182 Å². The molecule has 0 spiro atoms. The van der Waals surface area contributed by atoms with Crippen molar-refractivity contribution < 1.29 is 42.1 Å². The predicted molar refractivity (Wildman–Crippen MR) is 199 cm³/mol. The minimum atomic E-state index is -0.446. The quantitative estimate of drug-likeness (QED) is 0.147. The molecule has 0 nitrogen and oxygen atoms in total. The Labute approximate surface area is 318 Å². The molecular weight excluding hydrogens is 1030 g/mol.